The van der Waals surface area contributed by atoms with Crippen LogP contribution in [-0.4, -0.2) is 38.6 Å². The molecule has 7 heteroatoms. The van der Waals surface area contributed by atoms with Gasteiger partial charge in [-0.15, -0.1) is 0 Å². The van der Waals surface area contributed by atoms with Crippen molar-refractivity contribution in [3.8, 4) is 0 Å². The zero-order valence-corrected chi connectivity index (χ0v) is 10.8. The summed E-state index contributed by atoms with van der Waals surface area (Å²) in [4.78, 5) is 19.2. The van der Waals surface area contributed by atoms with Crippen molar-refractivity contribution in [2.45, 2.75) is 25.4 Å². The molecule has 0 radical (unpaired) electrons. The molecule has 1 aliphatic heterocycles. The van der Waals surface area contributed by atoms with Crippen molar-refractivity contribution in [2.24, 2.45) is 5.73 Å². The molecule has 1 fully saturated rings. The van der Waals surface area contributed by atoms with Gasteiger partial charge in [0.2, 0.25) is 4.96 Å². The Kier molecular flexibility index (Phi) is 3.11. The number of aromatic nitrogens is 3. The molecular weight excluding hydrogens is 250 g/mol. The number of hydrogen-bond acceptors (Lipinski definition) is 6. The Hall–Kier alpha value is -1.31. The van der Waals surface area contributed by atoms with E-state index < -0.39 is 0 Å². The predicted molar refractivity (Wildman–Crippen MR) is 69.6 cm³/mol. The molecule has 3 rings (SSSR count). The van der Waals surface area contributed by atoms with Crippen LogP contribution in [0.25, 0.3) is 4.96 Å². The summed E-state index contributed by atoms with van der Waals surface area (Å²) in [7, 11) is 0. The Morgan fingerprint density at radius 3 is 3.00 bits per heavy atom. The summed E-state index contributed by atoms with van der Waals surface area (Å²) in [5, 5.41) is 3.95. The van der Waals surface area contributed by atoms with Crippen molar-refractivity contribution < 1.29 is 0 Å². The highest BCUT2D eigenvalue weighted by atomic mass is 32.1. The van der Waals surface area contributed by atoms with Crippen molar-refractivity contribution in [1.82, 2.24) is 19.5 Å². The SMILES string of the molecule is NC1CCN(Cc2cc(=O)n3ncsc3n2)CC1. The summed E-state index contributed by atoms with van der Waals surface area (Å²) in [6, 6.07) is 1.89. The third-order valence-corrected chi connectivity index (χ3v) is 3.93. The van der Waals surface area contributed by atoms with E-state index in [9.17, 15) is 4.79 Å². The number of likely N-dealkylation sites (tertiary alicyclic amines) is 1. The average Bonchev–Trinajstić information content (AvgIpc) is 2.81. The van der Waals surface area contributed by atoms with E-state index in [2.05, 4.69) is 15.0 Å². The lowest BCUT2D eigenvalue weighted by molar-refractivity contribution is 0.203. The number of rotatable bonds is 2. The van der Waals surface area contributed by atoms with Gasteiger partial charge in [0.05, 0.1) is 5.69 Å². The average molecular weight is 265 g/mol. The van der Waals surface area contributed by atoms with Crippen LogP contribution < -0.4 is 11.3 Å². The van der Waals surface area contributed by atoms with Crippen LogP contribution in [0.4, 0.5) is 0 Å². The summed E-state index contributed by atoms with van der Waals surface area (Å²) < 4.78 is 1.33. The first-order chi connectivity index (χ1) is 8.72. The molecular formula is C11H15N5OS. The van der Waals surface area contributed by atoms with E-state index in [1.54, 1.807) is 11.6 Å². The highest BCUT2D eigenvalue weighted by Gasteiger charge is 2.17. The zero-order chi connectivity index (χ0) is 12.5. The molecule has 2 aromatic heterocycles. The summed E-state index contributed by atoms with van der Waals surface area (Å²) in [6.07, 6.45) is 2.03. The third kappa shape index (κ3) is 2.29. The summed E-state index contributed by atoms with van der Waals surface area (Å²) in [5.74, 6) is 0. The van der Waals surface area contributed by atoms with Gasteiger partial charge < -0.3 is 5.73 Å². The number of nitrogens with two attached hydrogens (primary N) is 1. The van der Waals surface area contributed by atoms with Crippen LogP contribution in [0.3, 0.4) is 0 Å². The molecule has 0 aromatic carbocycles. The summed E-state index contributed by atoms with van der Waals surface area (Å²) in [5.41, 5.74) is 8.22. The van der Waals surface area contributed by atoms with Crippen LogP contribution in [0.2, 0.25) is 0 Å². The monoisotopic (exact) mass is 265 g/mol. The molecule has 18 heavy (non-hydrogen) atoms. The van der Waals surface area contributed by atoms with Gasteiger partial charge in [-0.05, 0) is 12.8 Å². The van der Waals surface area contributed by atoms with Crippen LogP contribution >= 0.6 is 11.3 Å². The summed E-state index contributed by atoms with van der Waals surface area (Å²) in [6.45, 7) is 2.67. The molecule has 0 amide bonds. The van der Waals surface area contributed by atoms with Gasteiger partial charge in [-0.1, -0.05) is 11.3 Å². The first kappa shape index (κ1) is 11.8. The maximum Gasteiger partial charge on any atom is 0.275 e. The molecule has 2 N–H and O–H groups in total. The Bertz CT molecular complexity index is 599. The van der Waals surface area contributed by atoms with E-state index in [0.717, 1.165) is 38.2 Å². The van der Waals surface area contributed by atoms with Gasteiger partial charge >= 0.3 is 0 Å². The standard InChI is InChI=1S/C11H15N5OS/c12-8-1-3-15(4-2-8)6-9-5-10(17)16-11(14-9)18-7-13-16/h5,7-8H,1-4,6,12H2. The smallest absolute Gasteiger partial charge is 0.275 e. The van der Waals surface area contributed by atoms with Gasteiger partial charge in [-0.3, -0.25) is 9.69 Å². The Morgan fingerprint density at radius 1 is 1.44 bits per heavy atom. The first-order valence-corrected chi connectivity index (χ1v) is 6.91. The molecule has 6 nitrogen and oxygen atoms in total. The van der Waals surface area contributed by atoms with E-state index in [0.29, 0.717) is 11.0 Å². The van der Waals surface area contributed by atoms with Crippen molar-refractivity contribution in [3.63, 3.8) is 0 Å². The Labute approximate surface area is 108 Å². The van der Waals surface area contributed by atoms with Crippen molar-refractivity contribution in [1.29, 1.82) is 0 Å². The second-order valence-corrected chi connectivity index (χ2v) is 5.44. The molecule has 1 aliphatic rings. The van der Waals surface area contributed by atoms with Crippen molar-refractivity contribution >= 4 is 16.3 Å². The largest absolute Gasteiger partial charge is 0.328 e. The van der Waals surface area contributed by atoms with Crippen LogP contribution in [-0.2, 0) is 6.54 Å². The van der Waals surface area contributed by atoms with E-state index >= 15 is 0 Å². The molecule has 0 saturated carbocycles. The van der Waals surface area contributed by atoms with E-state index in [4.69, 9.17) is 5.73 Å². The topological polar surface area (TPSA) is 76.5 Å². The van der Waals surface area contributed by atoms with Crippen molar-refractivity contribution in [3.05, 3.63) is 27.6 Å². The fraction of sp³-hybridized carbons (Fsp3) is 0.545. The van der Waals surface area contributed by atoms with Gasteiger partial charge in [-0.2, -0.15) is 9.61 Å². The van der Waals surface area contributed by atoms with E-state index in [1.807, 2.05) is 0 Å². The van der Waals surface area contributed by atoms with Crippen LogP contribution in [0, 0.1) is 0 Å². The lowest BCUT2D eigenvalue weighted by atomic mass is 10.1. The van der Waals surface area contributed by atoms with Gasteiger partial charge in [0, 0.05) is 31.7 Å². The quantitative estimate of drug-likeness (QED) is 0.832. The molecule has 96 valence electrons. The number of piperidine rings is 1. The maximum atomic E-state index is 11.8. The van der Waals surface area contributed by atoms with Crippen LogP contribution in [0.15, 0.2) is 16.4 Å². The van der Waals surface area contributed by atoms with Crippen LogP contribution in [0.1, 0.15) is 18.5 Å². The predicted octanol–water partition coefficient (Wildman–Crippen LogP) is 0.0741. The van der Waals surface area contributed by atoms with Gasteiger partial charge in [0.1, 0.15) is 5.51 Å². The highest BCUT2D eigenvalue weighted by Crippen LogP contribution is 2.12. The molecule has 2 aromatic rings. The summed E-state index contributed by atoms with van der Waals surface area (Å²) >= 11 is 1.38. The minimum atomic E-state index is -0.107. The lowest BCUT2D eigenvalue weighted by Gasteiger charge is -2.29. The molecule has 1 saturated heterocycles. The molecule has 0 atom stereocenters. The fourth-order valence-corrected chi connectivity index (χ4v) is 2.86. The zero-order valence-electron chi connectivity index (χ0n) is 9.95. The Morgan fingerprint density at radius 2 is 2.22 bits per heavy atom. The van der Waals surface area contributed by atoms with Crippen molar-refractivity contribution in [2.75, 3.05) is 13.1 Å². The van der Waals surface area contributed by atoms with Gasteiger partial charge in [0.25, 0.3) is 5.56 Å². The maximum absolute atomic E-state index is 11.8. The van der Waals surface area contributed by atoms with E-state index in [1.165, 1.54) is 15.9 Å². The molecule has 0 bridgehead atoms. The number of hydrogen-bond donors (Lipinski definition) is 1. The molecule has 0 unspecified atom stereocenters. The minimum absolute atomic E-state index is 0.107. The molecule has 0 spiro atoms. The number of nitrogens with zero attached hydrogens (tertiary/aromatic N) is 4. The van der Waals surface area contributed by atoms with E-state index in [-0.39, 0.29) is 5.56 Å². The normalized spacial score (nSPS) is 18.5. The number of fused-ring (bicyclic) bond motifs is 1. The van der Waals surface area contributed by atoms with Crippen LogP contribution in [0.5, 0.6) is 0 Å². The van der Waals surface area contributed by atoms with Gasteiger partial charge in [-0.25, -0.2) is 4.98 Å². The minimum Gasteiger partial charge on any atom is -0.328 e. The second-order valence-electron chi connectivity index (χ2n) is 4.63. The fourth-order valence-electron chi connectivity index (χ4n) is 2.22. The Balaban J connectivity index is 1.80. The van der Waals surface area contributed by atoms with Gasteiger partial charge in [0.15, 0.2) is 0 Å². The second kappa shape index (κ2) is 4.75. The third-order valence-electron chi connectivity index (χ3n) is 3.26. The highest BCUT2D eigenvalue weighted by molar-refractivity contribution is 7.14. The molecule has 3 heterocycles. The lowest BCUT2D eigenvalue weighted by Crippen LogP contribution is -2.39. The molecule has 0 aliphatic carbocycles. The first-order valence-electron chi connectivity index (χ1n) is 6.03.